The molecule has 6 heteroatoms. The molecule has 0 bridgehead atoms. The smallest absolute Gasteiger partial charge is 0.339 e. The van der Waals surface area contributed by atoms with Crippen LogP contribution in [0.5, 0.6) is 11.6 Å². The fraction of sp³-hybridized carbons (Fsp3) is 0.214. The van der Waals surface area contributed by atoms with Crippen molar-refractivity contribution in [2.24, 2.45) is 0 Å². The highest BCUT2D eigenvalue weighted by molar-refractivity contribution is 6.30. The van der Waals surface area contributed by atoms with E-state index >= 15 is 0 Å². The Balaban J connectivity index is 2.02. The second-order valence-corrected chi connectivity index (χ2v) is 4.94. The van der Waals surface area contributed by atoms with E-state index in [0.29, 0.717) is 10.9 Å². The molecule has 0 unspecified atom stereocenters. The van der Waals surface area contributed by atoms with Gasteiger partial charge in [0.15, 0.2) is 0 Å². The van der Waals surface area contributed by atoms with Gasteiger partial charge < -0.3 is 9.84 Å². The summed E-state index contributed by atoms with van der Waals surface area (Å²) in [6.45, 7) is 0. The number of ether oxygens (including phenoxy) is 1. The van der Waals surface area contributed by atoms with Crippen LogP contribution in [0.25, 0.3) is 0 Å². The molecule has 3 rings (SSSR count). The predicted molar refractivity (Wildman–Crippen MR) is 72.5 cm³/mol. The largest absolute Gasteiger partial charge is 0.478 e. The minimum absolute atomic E-state index is 0.0553. The van der Waals surface area contributed by atoms with Gasteiger partial charge in [-0.15, -0.1) is 0 Å². The Hall–Kier alpha value is -2.14. The summed E-state index contributed by atoms with van der Waals surface area (Å²) < 4.78 is 5.68. The monoisotopic (exact) mass is 290 g/mol. The molecule has 0 amide bonds. The number of rotatable bonds is 3. The van der Waals surface area contributed by atoms with E-state index in [1.807, 2.05) is 0 Å². The third-order valence-electron chi connectivity index (χ3n) is 3.22. The number of carbonyl (C=O) groups is 1. The van der Waals surface area contributed by atoms with E-state index in [9.17, 15) is 9.90 Å². The first-order valence-corrected chi connectivity index (χ1v) is 6.56. The van der Waals surface area contributed by atoms with Crippen LogP contribution in [0.15, 0.2) is 24.5 Å². The van der Waals surface area contributed by atoms with Crippen LogP contribution in [0.3, 0.4) is 0 Å². The number of nitrogens with zero attached hydrogens (tertiary/aromatic N) is 2. The van der Waals surface area contributed by atoms with Crippen LogP contribution in [0.4, 0.5) is 0 Å². The standard InChI is InChI=1S/C14H11ClN2O3/c15-8-4-5-10(14(18)19)12(6-8)20-13-9-2-1-3-11(9)16-7-17-13/h4-7H,1-3H2,(H,18,19). The van der Waals surface area contributed by atoms with Crippen molar-refractivity contribution in [2.75, 3.05) is 0 Å². The van der Waals surface area contributed by atoms with Gasteiger partial charge in [-0.2, -0.15) is 0 Å². The van der Waals surface area contributed by atoms with Crippen LogP contribution in [0, 0.1) is 0 Å². The first kappa shape index (κ1) is 12.9. The molecule has 1 aliphatic rings. The van der Waals surface area contributed by atoms with Gasteiger partial charge in [0.25, 0.3) is 0 Å². The van der Waals surface area contributed by atoms with Crippen molar-refractivity contribution in [3.63, 3.8) is 0 Å². The van der Waals surface area contributed by atoms with E-state index in [4.69, 9.17) is 16.3 Å². The lowest BCUT2D eigenvalue weighted by atomic mass is 10.2. The number of hydrogen-bond acceptors (Lipinski definition) is 4. The molecule has 2 aromatic rings. The number of aryl methyl sites for hydroxylation is 1. The van der Waals surface area contributed by atoms with Crippen LogP contribution >= 0.6 is 11.6 Å². The number of hydrogen-bond donors (Lipinski definition) is 1. The van der Waals surface area contributed by atoms with Gasteiger partial charge in [-0.25, -0.2) is 14.8 Å². The Kier molecular flexibility index (Phi) is 3.28. The summed E-state index contributed by atoms with van der Waals surface area (Å²) in [6.07, 6.45) is 4.18. The van der Waals surface area contributed by atoms with Crippen LogP contribution in [-0.4, -0.2) is 21.0 Å². The molecule has 0 radical (unpaired) electrons. The lowest BCUT2D eigenvalue weighted by Gasteiger charge is -2.11. The van der Waals surface area contributed by atoms with Gasteiger partial charge in [-0.3, -0.25) is 0 Å². The number of carboxylic acids is 1. The Bertz CT molecular complexity index is 688. The van der Waals surface area contributed by atoms with Crippen LogP contribution < -0.4 is 4.74 Å². The lowest BCUT2D eigenvalue weighted by molar-refractivity contribution is 0.0694. The molecule has 1 aromatic carbocycles. The third-order valence-corrected chi connectivity index (χ3v) is 3.45. The topological polar surface area (TPSA) is 72.3 Å². The fourth-order valence-electron chi connectivity index (χ4n) is 2.28. The van der Waals surface area contributed by atoms with Crippen molar-refractivity contribution in [1.82, 2.24) is 9.97 Å². The van der Waals surface area contributed by atoms with E-state index in [1.54, 1.807) is 0 Å². The molecular weight excluding hydrogens is 280 g/mol. The lowest BCUT2D eigenvalue weighted by Crippen LogP contribution is -2.02. The van der Waals surface area contributed by atoms with Crippen molar-refractivity contribution in [3.05, 3.63) is 46.4 Å². The highest BCUT2D eigenvalue weighted by Crippen LogP contribution is 2.33. The maximum Gasteiger partial charge on any atom is 0.339 e. The summed E-state index contributed by atoms with van der Waals surface area (Å²) in [5.41, 5.74) is 1.97. The van der Waals surface area contributed by atoms with Gasteiger partial charge >= 0.3 is 5.97 Å². The minimum Gasteiger partial charge on any atom is -0.478 e. The average molecular weight is 291 g/mol. The second kappa shape index (κ2) is 5.09. The predicted octanol–water partition coefficient (Wildman–Crippen LogP) is 3.11. The summed E-state index contributed by atoms with van der Waals surface area (Å²) in [5, 5.41) is 9.58. The highest BCUT2D eigenvalue weighted by atomic mass is 35.5. The normalized spacial score (nSPS) is 13.1. The van der Waals surface area contributed by atoms with Gasteiger partial charge in [0.05, 0.1) is 5.69 Å². The minimum atomic E-state index is -1.07. The van der Waals surface area contributed by atoms with Gasteiger partial charge in [-0.05, 0) is 31.4 Å². The molecule has 0 aliphatic heterocycles. The van der Waals surface area contributed by atoms with Gasteiger partial charge in [-0.1, -0.05) is 11.6 Å². The van der Waals surface area contributed by atoms with E-state index in [2.05, 4.69) is 9.97 Å². The summed E-state index contributed by atoms with van der Waals surface area (Å²) in [6, 6.07) is 4.41. The summed E-state index contributed by atoms with van der Waals surface area (Å²) in [7, 11) is 0. The number of fused-ring (bicyclic) bond motifs is 1. The van der Waals surface area contributed by atoms with Gasteiger partial charge in [0.1, 0.15) is 17.6 Å². The van der Waals surface area contributed by atoms with Crippen molar-refractivity contribution >= 4 is 17.6 Å². The van der Waals surface area contributed by atoms with Crippen molar-refractivity contribution in [1.29, 1.82) is 0 Å². The molecule has 0 spiro atoms. The summed E-state index contributed by atoms with van der Waals surface area (Å²) in [5.74, 6) is -0.461. The number of benzene rings is 1. The molecule has 0 saturated carbocycles. The average Bonchev–Trinajstić information content (AvgIpc) is 2.88. The number of carboxylic acid groups (broad SMARTS) is 1. The van der Waals surface area contributed by atoms with Crippen LogP contribution in [0.2, 0.25) is 5.02 Å². The molecule has 1 heterocycles. The van der Waals surface area contributed by atoms with E-state index < -0.39 is 5.97 Å². The zero-order valence-corrected chi connectivity index (χ0v) is 11.2. The van der Waals surface area contributed by atoms with E-state index in [-0.39, 0.29) is 11.3 Å². The number of aromatic carboxylic acids is 1. The maximum atomic E-state index is 11.2. The van der Waals surface area contributed by atoms with E-state index in [0.717, 1.165) is 30.5 Å². The third kappa shape index (κ3) is 2.32. The number of aromatic nitrogens is 2. The molecule has 5 nitrogen and oxygen atoms in total. The summed E-state index contributed by atoms with van der Waals surface area (Å²) >= 11 is 5.90. The molecule has 0 atom stereocenters. The van der Waals surface area contributed by atoms with Gasteiger partial charge in [0.2, 0.25) is 5.88 Å². The molecule has 1 aliphatic carbocycles. The van der Waals surface area contributed by atoms with Crippen molar-refractivity contribution in [2.45, 2.75) is 19.3 Å². The Morgan fingerprint density at radius 2 is 2.15 bits per heavy atom. The molecular formula is C14H11ClN2O3. The van der Waals surface area contributed by atoms with Crippen LogP contribution in [-0.2, 0) is 12.8 Å². The summed E-state index contributed by atoms with van der Waals surface area (Å²) in [4.78, 5) is 19.5. The first-order chi connectivity index (χ1) is 9.65. The number of halogens is 1. The van der Waals surface area contributed by atoms with E-state index in [1.165, 1.54) is 24.5 Å². The van der Waals surface area contributed by atoms with Crippen molar-refractivity contribution < 1.29 is 14.6 Å². The molecule has 1 aromatic heterocycles. The highest BCUT2D eigenvalue weighted by Gasteiger charge is 2.20. The quantitative estimate of drug-likeness (QED) is 0.940. The molecule has 0 fully saturated rings. The van der Waals surface area contributed by atoms with Crippen molar-refractivity contribution in [3.8, 4) is 11.6 Å². The van der Waals surface area contributed by atoms with Gasteiger partial charge in [0, 0.05) is 16.7 Å². The Morgan fingerprint density at radius 1 is 1.30 bits per heavy atom. The SMILES string of the molecule is O=C(O)c1ccc(Cl)cc1Oc1ncnc2c1CCC2. The molecule has 102 valence electrons. The zero-order chi connectivity index (χ0) is 14.1. The maximum absolute atomic E-state index is 11.2. The second-order valence-electron chi connectivity index (χ2n) is 4.51. The zero-order valence-electron chi connectivity index (χ0n) is 10.5. The Morgan fingerprint density at radius 3 is 2.95 bits per heavy atom. The molecule has 1 N–H and O–H groups in total. The first-order valence-electron chi connectivity index (χ1n) is 6.18. The van der Waals surface area contributed by atoms with Crippen LogP contribution in [0.1, 0.15) is 28.0 Å². The molecule has 20 heavy (non-hydrogen) atoms. The Labute approximate surface area is 120 Å². The fourth-order valence-corrected chi connectivity index (χ4v) is 2.44. The molecule has 0 saturated heterocycles.